The zero-order valence-corrected chi connectivity index (χ0v) is 17.3. The minimum absolute atomic E-state index is 0.158. The van der Waals surface area contributed by atoms with Crippen molar-refractivity contribution in [2.45, 2.75) is 27.3 Å². The summed E-state index contributed by atoms with van der Waals surface area (Å²) >= 11 is 1.46. The molecule has 0 aliphatic heterocycles. The molecule has 1 aromatic carbocycles. The molecule has 7 heteroatoms. The van der Waals surface area contributed by atoms with Crippen LogP contribution in [0, 0.1) is 13.8 Å². The summed E-state index contributed by atoms with van der Waals surface area (Å²) in [5.74, 6) is 1.93. The summed E-state index contributed by atoms with van der Waals surface area (Å²) in [6.07, 6.45) is 1.72. The molecule has 0 saturated carbocycles. The molecule has 0 aliphatic rings. The average molecular weight is 407 g/mol. The van der Waals surface area contributed by atoms with Gasteiger partial charge in [-0.1, -0.05) is 17.4 Å². The lowest BCUT2D eigenvalue weighted by Gasteiger charge is -2.19. The summed E-state index contributed by atoms with van der Waals surface area (Å²) in [6, 6.07) is 13.2. The van der Waals surface area contributed by atoms with E-state index in [0.717, 1.165) is 21.7 Å². The molecule has 29 heavy (non-hydrogen) atoms. The first-order chi connectivity index (χ1) is 14.0. The van der Waals surface area contributed by atoms with Gasteiger partial charge in [0.25, 0.3) is 5.91 Å². The van der Waals surface area contributed by atoms with Gasteiger partial charge in [-0.2, -0.15) is 0 Å². The second kappa shape index (κ2) is 8.05. The summed E-state index contributed by atoms with van der Waals surface area (Å²) < 4.78 is 12.1. The van der Waals surface area contributed by atoms with Crippen molar-refractivity contribution in [2.24, 2.45) is 0 Å². The van der Waals surface area contributed by atoms with Gasteiger partial charge in [0.15, 0.2) is 5.13 Å². The Kier molecular flexibility index (Phi) is 5.31. The monoisotopic (exact) mass is 407 g/mol. The topological polar surface area (TPSA) is 68.5 Å². The SMILES string of the molecule is CCOc1ccc2nc(N(Cc3ccccn3)C(=O)c3cc(C)oc3C)sc2c1. The normalized spacial score (nSPS) is 11.0. The second-order valence-electron chi connectivity index (χ2n) is 6.60. The number of ether oxygens (including phenoxy) is 1. The lowest BCUT2D eigenvalue weighted by Crippen LogP contribution is -2.30. The predicted molar refractivity (Wildman–Crippen MR) is 114 cm³/mol. The maximum absolute atomic E-state index is 13.4. The molecular formula is C22H21N3O3S. The molecule has 0 radical (unpaired) electrons. The Bertz CT molecular complexity index is 1150. The number of hydrogen-bond acceptors (Lipinski definition) is 6. The van der Waals surface area contributed by atoms with E-state index in [2.05, 4.69) is 4.98 Å². The molecule has 0 aliphatic carbocycles. The van der Waals surface area contributed by atoms with Crippen molar-refractivity contribution >= 4 is 32.6 Å². The predicted octanol–water partition coefficient (Wildman–Crippen LogP) is 5.15. The summed E-state index contributed by atoms with van der Waals surface area (Å²) in [7, 11) is 0. The van der Waals surface area contributed by atoms with Crippen LogP contribution in [0.1, 0.15) is 34.5 Å². The molecule has 0 saturated heterocycles. The molecule has 6 nitrogen and oxygen atoms in total. The zero-order chi connectivity index (χ0) is 20.4. The molecule has 3 aromatic heterocycles. The second-order valence-corrected chi connectivity index (χ2v) is 7.61. The van der Waals surface area contributed by atoms with E-state index in [-0.39, 0.29) is 5.91 Å². The Labute approximate surface area is 172 Å². The zero-order valence-electron chi connectivity index (χ0n) is 16.5. The van der Waals surface area contributed by atoms with Crippen molar-refractivity contribution in [3.63, 3.8) is 0 Å². The van der Waals surface area contributed by atoms with Gasteiger partial charge in [0.1, 0.15) is 17.3 Å². The van der Waals surface area contributed by atoms with E-state index in [0.29, 0.717) is 35.4 Å². The van der Waals surface area contributed by atoms with Gasteiger partial charge in [0.05, 0.1) is 34.6 Å². The third-order valence-corrected chi connectivity index (χ3v) is 5.49. The maximum Gasteiger partial charge on any atom is 0.263 e. The van der Waals surface area contributed by atoms with Crippen LogP contribution in [0.2, 0.25) is 0 Å². The number of thiazole rings is 1. The van der Waals surface area contributed by atoms with Crippen molar-refractivity contribution in [2.75, 3.05) is 11.5 Å². The Hall–Kier alpha value is -3.19. The van der Waals surface area contributed by atoms with Crippen LogP contribution in [0.5, 0.6) is 5.75 Å². The molecule has 0 atom stereocenters. The van der Waals surface area contributed by atoms with E-state index in [4.69, 9.17) is 14.1 Å². The standard InChI is InChI=1S/C22H21N3O3S/c1-4-27-17-8-9-19-20(12-17)29-22(24-19)25(13-16-7-5-6-10-23-16)21(26)18-11-14(2)28-15(18)3/h5-12H,4,13H2,1-3H3. The molecule has 148 valence electrons. The van der Waals surface area contributed by atoms with Crippen LogP contribution in [-0.2, 0) is 6.54 Å². The number of furan rings is 1. The minimum Gasteiger partial charge on any atom is -0.494 e. The molecule has 3 heterocycles. The number of hydrogen-bond donors (Lipinski definition) is 0. The minimum atomic E-state index is -0.158. The molecular weight excluding hydrogens is 386 g/mol. The van der Waals surface area contributed by atoms with Gasteiger partial charge in [-0.25, -0.2) is 4.98 Å². The van der Waals surface area contributed by atoms with E-state index in [1.54, 1.807) is 24.1 Å². The largest absolute Gasteiger partial charge is 0.494 e. The summed E-state index contributed by atoms with van der Waals surface area (Å²) in [5.41, 5.74) is 2.15. The number of pyridine rings is 1. The Morgan fingerprint density at radius 1 is 1.21 bits per heavy atom. The molecule has 0 N–H and O–H groups in total. The highest BCUT2D eigenvalue weighted by Crippen LogP contribution is 2.33. The van der Waals surface area contributed by atoms with Crippen molar-refractivity contribution in [1.29, 1.82) is 0 Å². The van der Waals surface area contributed by atoms with Crippen LogP contribution >= 0.6 is 11.3 Å². The third kappa shape index (κ3) is 4.00. The first kappa shape index (κ1) is 19.1. The number of aryl methyl sites for hydroxylation is 2. The van der Waals surface area contributed by atoms with Gasteiger partial charge in [-0.3, -0.25) is 14.7 Å². The van der Waals surface area contributed by atoms with Gasteiger partial charge in [0.2, 0.25) is 0 Å². The van der Waals surface area contributed by atoms with Crippen molar-refractivity contribution in [3.8, 4) is 5.75 Å². The molecule has 4 aromatic rings. The smallest absolute Gasteiger partial charge is 0.263 e. The number of benzene rings is 1. The number of anilines is 1. The maximum atomic E-state index is 13.4. The number of nitrogens with zero attached hydrogens (tertiary/aromatic N) is 3. The first-order valence-corrected chi connectivity index (χ1v) is 10.2. The fourth-order valence-corrected chi connectivity index (χ4v) is 4.12. The van der Waals surface area contributed by atoms with Crippen molar-refractivity contribution < 1.29 is 13.9 Å². The number of carbonyl (C=O) groups is 1. The van der Waals surface area contributed by atoms with Crippen LogP contribution in [-0.4, -0.2) is 22.5 Å². The van der Waals surface area contributed by atoms with E-state index >= 15 is 0 Å². The fraction of sp³-hybridized carbons (Fsp3) is 0.227. The number of fused-ring (bicyclic) bond motifs is 1. The number of rotatable bonds is 6. The summed E-state index contributed by atoms with van der Waals surface area (Å²) in [5, 5.41) is 0.613. The molecule has 0 unspecified atom stereocenters. The van der Waals surface area contributed by atoms with Crippen LogP contribution in [0.4, 0.5) is 5.13 Å². The highest BCUT2D eigenvalue weighted by atomic mass is 32.1. The lowest BCUT2D eigenvalue weighted by atomic mass is 10.2. The van der Waals surface area contributed by atoms with Crippen LogP contribution in [0.25, 0.3) is 10.2 Å². The fourth-order valence-electron chi connectivity index (χ4n) is 3.13. The van der Waals surface area contributed by atoms with E-state index < -0.39 is 0 Å². The van der Waals surface area contributed by atoms with Crippen LogP contribution in [0.3, 0.4) is 0 Å². The number of amides is 1. The quantitative estimate of drug-likeness (QED) is 0.442. The average Bonchev–Trinajstić information content (AvgIpc) is 3.28. The molecule has 0 spiro atoms. The number of carbonyl (C=O) groups excluding carboxylic acids is 1. The Morgan fingerprint density at radius 3 is 2.76 bits per heavy atom. The van der Waals surface area contributed by atoms with E-state index in [9.17, 15) is 4.79 Å². The van der Waals surface area contributed by atoms with Crippen molar-refractivity contribution in [1.82, 2.24) is 9.97 Å². The number of aromatic nitrogens is 2. The van der Waals surface area contributed by atoms with Gasteiger partial charge >= 0.3 is 0 Å². The van der Waals surface area contributed by atoms with Gasteiger partial charge in [-0.15, -0.1) is 0 Å². The van der Waals surface area contributed by atoms with Gasteiger partial charge < -0.3 is 9.15 Å². The Balaban J connectivity index is 1.76. The third-order valence-electron chi connectivity index (χ3n) is 4.45. The lowest BCUT2D eigenvalue weighted by molar-refractivity contribution is 0.0983. The van der Waals surface area contributed by atoms with Crippen LogP contribution < -0.4 is 9.64 Å². The summed E-state index contributed by atoms with van der Waals surface area (Å²) in [6.45, 7) is 6.50. The highest BCUT2D eigenvalue weighted by molar-refractivity contribution is 7.22. The summed E-state index contributed by atoms with van der Waals surface area (Å²) in [4.78, 5) is 24.2. The van der Waals surface area contributed by atoms with Gasteiger partial charge in [0, 0.05) is 6.20 Å². The Morgan fingerprint density at radius 2 is 2.07 bits per heavy atom. The molecule has 0 bridgehead atoms. The van der Waals surface area contributed by atoms with E-state index in [1.165, 1.54) is 11.3 Å². The molecule has 0 fully saturated rings. The van der Waals surface area contributed by atoms with Crippen LogP contribution in [0.15, 0.2) is 53.1 Å². The first-order valence-electron chi connectivity index (χ1n) is 9.37. The molecule has 4 rings (SSSR count). The van der Waals surface area contributed by atoms with E-state index in [1.807, 2.05) is 50.2 Å². The highest BCUT2D eigenvalue weighted by Gasteiger charge is 2.25. The van der Waals surface area contributed by atoms with Crippen molar-refractivity contribution in [3.05, 3.63) is 71.4 Å². The molecule has 1 amide bonds. The van der Waals surface area contributed by atoms with Gasteiger partial charge in [-0.05, 0) is 57.2 Å².